The third kappa shape index (κ3) is 3.57. The van der Waals surface area contributed by atoms with Crippen LogP contribution in [0, 0.1) is 16.4 Å². The molecule has 0 saturated heterocycles. The Balaban J connectivity index is 0.00000192. The number of nitrogens with one attached hydrogen (secondary N) is 2. The molecular formula is C15H18ClF2N3OS. The van der Waals surface area contributed by atoms with E-state index in [9.17, 15) is 8.78 Å². The van der Waals surface area contributed by atoms with Gasteiger partial charge in [-0.3, -0.25) is 0 Å². The van der Waals surface area contributed by atoms with Gasteiger partial charge in [0.25, 0.3) is 0 Å². The predicted octanol–water partition coefficient (Wildman–Crippen LogP) is 3.18. The molecule has 1 atom stereocenters. The number of nitrogens with zero attached hydrogens (tertiary/aromatic N) is 1. The summed E-state index contributed by atoms with van der Waals surface area (Å²) in [6.07, 6.45) is 3.18. The molecule has 0 saturated carbocycles. The van der Waals surface area contributed by atoms with E-state index in [0.717, 1.165) is 24.7 Å². The van der Waals surface area contributed by atoms with E-state index in [2.05, 4.69) is 10.3 Å². The number of hydrogen-bond acceptors (Lipinski definition) is 3. The molecule has 1 aliphatic heterocycles. The molecule has 0 unspecified atom stereocenters. The number of benzene rings is 1. The topological polar surface area (TPSA) is 42.0 Å². The lowest BCUT2D eigenvalue weighted by Gasteiger charge is -2.28. The highest BCUT2D eigenvalue weighted by Gasteiger charge is 2.26. The molecule has 0 radical (unpaired) electrons. The van der Waals surface area contributed by atoms with Crippen molar-refractivity contribution < 1.29 is 13.5 Å². The Kier molecular flexibility index (Phi) is 5.78. The van der Waals surface area contributed by atoms with Gasteiger partial charge in [0.05, 0.1) is 6.04 Å². The van der Waals surface area contributed by atoms with Gasteiger partial charge in [-0.25, -0.2) is 8.78 Å². The Labute approximate surface area is 144 Å². The Morgan fingerprint density at radius 2 is 2.22 bits per heavy atom. The SMILES string of the molecule is CNCCc1c[nH]c(=S)n1[C@H]1COc2c(F)cc(F)cc2C1.Cl. The molecule has 2 heterocycles. The van der Waals surface area contributed by atoms with Crippen molar-refractivity contribution in [3.05, 3.63) is 46.0 Å². The van der Waals surface area contributed by atoms with Crippen LogP contribution in [0.3, 0.4) is 0 Å². The summed E-state index contributed by atoms with van der Waals surface area (Å²) in [6, 6.07) is 2.10. The van der Waals surface area contributed by atoms with Crippen molar-refractivity contribution in [3.63, 3.8) is 0 Å². The van der Waals surface area contributed by atoms with Crippen molar-refractivity contribution in [1.29, 1.82) is 0 Å². The molecule has 1 aromatic carbocycles. The minimum atomic E-state index is -0.651. The van der Waals surface area contributed by atoms with Gasteiger partial charge in [0.15, 0.2) is 16.3 Å². The molecule has 0 bridgehead atoms. The first-order valence-electron chi connectivity index (χ1n) is 7.14. The Bertz CT molecular complexity index is 747. The number of rotatable bonds is 4. The number of halogens is 3. The van der Waals surface area contributed by atoms with Crippen molar-refractivity contribution in [3.8, 4) is 5.75 Å². The number of likely N-dealkylation sites (N-methyl/N-ethyl adjacent to an activating group) is 1. The zero-order chi connectivity index (χ0) is 15.7. The van der Waals surface area contributed by atoms with Gasteiger partial charge in [0.1, 0.15) is 12.4 Å². The highest BCUT2D eigenvalue weighted by atomic mass is 35.5. The molecule has 2 N–H and O–H groups in total. The van der Waals surface area contributed by atoms with Gasteiger partial charge in [-0.2, -0.15) is 0 Å². The quantitative estimate of drug-likeness (QED) is 0.822. The van der Waals surface area contributed by atoms with Crippen molar-refractivity contribution in [2.75, 3.05) is 20.2 Å². The number of H-pyrrole nitrogens is 1. The molecule has 2 aromatic rings. The van der Waals surface area contributed by atoms with Gasteiger partial charge >= 0.3 is 0 Å². The van der Waals surface area contributed by atoms with Gasteiger partial charge in [0, 0.05) is 42.9 Å². The van der Waals surface area contributed by atoms with Crippen LogP contribution in [0.1, 0.15) is 17.3 Å². The molecule has 23 heavy (non-hydrogen) atoms. The van der Waals surface area contributed by atoms with Crippen LogP contribution in [0.5, 0.6) is 5.75 Å². The average molecular weight is 362 g/mol. The Morgan fingerprint density at radius 3 is 2.96 bits per heavy atom. The molecule has 1 aromatic heterocycles. The molecule has 0 fully saturated rings. The maximum Gasteiger partial charge on any atom is 0.177 e. The zero-order valence-electron chi connectivity index (χ0n) is 12.6. The lowest BCUT2D eigenvalue weighted by molar-refractivity contribution is 0.210. The maximum atomic E-state index is 13.7. The molecule has 3 rings (SSSR count). The summed E-state index contributed by atoms with van der Waals surface area (Å²) >= 11 is 5.34. The second kappa shape index (κ2) is 7.42. The summed E-state index contributed by atoms with van der Waals surface area (Å²) in [7, 11) is 1.89. The first-order valence-corrected chi connectivity index (χ1v) is 7.55. The lowest BCUT2D eigenvalue weighted by atomic mass is 10.0. The number of hydrogen-bond donors (Lipinski definition) is 2. The Morgan fingerprint density at radius 1 is 1.43 bits per heavy atom. The van der Waals surface area contributed by atoms with Crippen molar-refractivity contribution in [2.45, 2.75) is 18.9 Å². The summed E-state index contributed by atoms with van der Waals surface area (Å²) < 4.78 is 35.2. The van der Waals surface area contributed by atoms with Crippen LogP contribution >= 0.6 is 24.6 Å². The number of fused-ring (bicyclic) bond motifs is 1. The number of aromatic amines is 1. The van der Waals surface area contributed by atoms with Gasteiger partial charge in [-0.15, -0.1) is 12.4 Å². The summed E-state index contributed by atoms with van der Waals surface area (Å²) in [4.78, 5) is 3.04. The first-order chi connectivity index (χ1) is 10.6. The first kappa shape index (κ1) is 17.9. The van der Waals surface area contributed by atoms with E-state index in [0.29, 0.717) is 23.4 Å². The molecular weight excluding hydrogens is 344 g/mol. The van der Waals surface area contributed by atoms with Crippen LogP contribution < -0.4 is 10.1 Å². The van der Waals surface area contributed by atoms with Crippen LogP contribution in [-0.4, -0.2) is 29.8 Å². The second-order valence-corrected chi connectivity index (χ2v) is 5.74. The minimum absolute atomic E-state index is 0. The fourth-order valence-electron chi connectivity index (χ4n) is 2.85. The summed E-state index contributed by atoms with van der Waals surface area (Å²) in [6.45, 7) is 1.13. The molecule has 1 aliphatic rings. The van der Waals surface area contributed by atoms with E-state index in [1.165, 1.54) is 6.07 Å². The second-order valence-electron chi connectivity index (χ2n) is 5.35. The van der Waals surface area contributed by atoms with Crippen molar-refractivity contribution in [2.24, 2.45) is 0 Å². The van der Waals surface area contributed by atoms with Gasteiger partial charge in [0.2, 0.25) is 0 Å². The van der Waals surface area contributed by atoms with Gasteiger partial charge in [-0.1, -0.05) is 0 Å². The largest absolute Gasteiger partial charge is 0.488 e. The van der Waals surface area contributed by atoms with Gasteiger partial charge in [-0.05, 0) is 25.3 Å². The fraction of sp³-hybridized carbons (Fsp3) is 0.400. The summed E-state index contributed by atoms with van der Waals surface area (Å²) in [5.41, 5.74) is 1.59. The molecule has 0 spiro atoms. The molecule has 0 aliphatic carbocycles. The minimum Gasteiger partial charge on any atom is -0.488 e. The van der Waals surface area contributed by atoms with Crippen LogP contribution in [0.25, 0.3) is 0 Å². The van der Waals surface area contributed by atoms with E-state index >= 15 is 0 Å². The third-order valence-electron chi connectivity index (χ3n) is 3.85. The van der Waals surface area contributed by atoms with Crippen LogP contribution in [0.2, 0.25) is 0 Å². The Hall–Kier alpha value is -1.44. The summed E-state index contributed by atoms with van der Waals surface area (Å²) in [5.74, 6) is -1.09. The smallest absolute Gasteiger partial charge is 0.177 e. The van der Waals surface area contributed by atoms with Crippen LogP contribution in [0.4, 0.5) is 8.78 Å². The maximum absolute atomic E-state index is 13.7. The van der Waals surface area contributed by atoms with Crippen LogP contribution in [-0.2, 0) is 12.8 Å². The average Bonchev–Trinajstić information content (AvgIpc) is 2.85. The zero-order valence-corrected chi connectivity index (χ0v) is 14.2. The number of ether oxygens (including phenoxy) is 1. The predicted molar refractivity (Wildman–Crippen MR) is 89.1 cm³/mol. The summed E-state index contributed by atoms with van der Waals surface area (Å²) in [5, 5.41) is 3.09. The normalized spacial score (nSPS) is 16.4. The fourth-order valence-corrected chi connectivity index (χ4v) is 3.17. The van der Waals surface area contributed by atoms with E-state index in [1.807, 2.05) is 17.8 Å². The van der Waals surface area contributed by atoms with Crippen molar-refractivity contribution >= 4 is 24.6 Å². The molecule has 126 valence electrons. The number of aromatic nitrogens is 2. The third-order valence-corrected chi connectivity index (χ3v) is 4.16. The van der Waals surface area contributed by atoms with Gasteiger partial charge < -0.3 is 19.6 Å². The lowest BCUT2D eigenvalue weighted by Crippen LogP contribution is -2.27. The highest BCUT2D eigenvalue weighted by molar-refractivity contribution is 7.71. The molecule has 8 heteroatoms. The van der Waals surface area contributed by atoms with E-state index in [-0.39, 0.29) is 24.2 Å². The van der Waals surface area contributed by atoms with E-state index in [1.54, 1.807) is 0 Å². The highest BCUT2D eigenvalue weighted by Crippen LogP contribution is 2.33. The van der Waals surface area contributed by atoms with Crippen LogP contribution in [0.15, 0.2) is 18.3 Å². The molecule has 0 amide bonds. The van der Waals surface area contributed by atoms with Crippen molar-refractivity contribution in [1.82, 2.24) is 14.9 Å². The number of imidazole rings is 1. The standard InChI is InChI=1S/C15H17F2N3OS.ClH/c1-18-3-2-11-7-19-15(22)20(11)12-5-9-4-10(16)6-13(17)14(9)21-8-12;/h4,6-7,12,18H,2-3,5,8H2,1H3,(H,19,22);1H/t12-;/m1./s1. The molecule has 4 nitrogen and oxygen atoms in total. The van der Waals surface area contributed by atoms with E-state index in [4.69, 9.17) is 17.0 Å². The van der Waals surface area contributed by atoms with E-state index < -0.39 is 11.6 Å². The monoisotopic (exact) mass is 361 g/mol.